The number of aryl methyl sites for hydroxylation is 1. The Labute approximate surface area is 281 Å². The van der Waals surface area contributed by atoms with E-state index in [0.29, 0.717) is 23.6 Å². The number of ether oxygens (including phenoxy) is 1. The van der Waals surface area contributed by atoms with Crippen molar-refractivity contribution < 1.29 is 27.2 Å². The van der Waals surface area contributed by atoms with Crippen LogP contribution in [0.25, 0.3) is 11.2 Å². The highest BCUT2D eigenvalue weighted by Gasteiger charge is 2.58. The summed E-state index contributed by atoms with van der Waals surface area (Å²) >= 11 is 4.81. The van der Waals surface area contributed by atoms with E-state index in [1.54, 1.807) is 6.33 Å². The SMILES string of the molecule is Cc1cccc(C2CO[P+](S)(OC[C@H]3O[C@@H](n4cnc5c(N)ncnc54)[C@H](O[Si](C)(C)C(C)(C)C)[C@@H]3O[Si](C)(C)C(C)(C)C)O2)c1. The molecule has 2 aromatic heterocycles. The molecule has 2 fully saturated rings. The number of hydrogen-bond acceptors (Lipinski definition) is 11. The number of fused-ring (bicyclic) bond motifs is 1. The molecule has 1 aromatic carbocycles. The molecule has 4 heterocycles. The number of anilines is 1. The van der Waals surface area contributed by atoms with Crippen molar-refractivity contribution in [3.8, 4) is 0 Å². The minimum atomic E-state index is -2.95. The summed E-state index contributed by atoms with van der Waals surface area (Å²) < 4.78 is 42.1. The van der Waals surface area contributed by atoms with Crippen molar-refractivity contribution in [2.45, 2.75) is 115 Å². The van der Waals surface area contributed by atoms with Crippen LogP contribution in [0, 0.1) is 6.92 Å². The average molecular weight is 709 g/mol. The third-order valence-corrected chi connectivity index (χ3v) is 21.3. The van der Waals surface area contributed by atoms with Crippen LogP contribution in [0.3, 0.4) is 0 Å². The maximum absolute atomic E-state index is 7.22. The van der Waals surface area contributed by atoms with E-state index in [0.717, 1.165) is 11.1 Å². The molecule has 6 atom stereocenters. The number of rotatable bonds is 9. The second-order valence-electron chi connectivity index (χ2n) is 15.4. The zero-order valence-corrected chi connectivity index (χ0v) is 32.8. The predicted molar refractivity (Wildman–Crippen MR) is 191 cm³/mol. The van der Waals surface area contributed by atoms with E-state index in [-0.39, 0.29) is 22.8 Å². The number of nitrogens with zero attached hydrogens (tertiary/aromatic N) is 4. The maximum atomic E-state index is 7.22. The number of thiol groups is 1. The maximum Gasteiger partial charge on any atom is 0.478 e. The summed E-state index contributed by atoms with van der Waals surface area (Å²) in [5.41, 5.74) is 9.44. The fraction of sp³-hybridized carbons (Fsp3) is 0.645. The van der Waals surface area contributed by atoms with Crippen LogP contribution in [0.1, 0.15) is 65.0 Å². The van der Waals surface area contributed by atoms with Gasteiger partial charge in [-0.3, -0.25) is 4.57 Å². The molecular weight excluding hydrogens is 658 g/mol. The van der Waals surface area contributed by atoms with Gasteiger partial charge in [0, 0.05) is 0 Å². The quantitative estimate of drug-likeness (QED) is 0.129. The van der Waals surface area contributed by atoms with Gasteiger partial charge in [0.1, 0.15) is 43.4 Å². The first-order valence-electron chi connectivity index (χ1n) is 15.8. The summed E-state index contributed by atoms with van der Waals surface area (Å²) in [5.74, 6) is 0.304. The fourth-order valence-corrected chi connectivity index (χ4v) is 9.78. The largest absolute Gasteiger partial charge is 0.478 e. The first-order valence-corrected chi connectivity index (χ1v) is 24.3. The van der Waals surface area contributed by atoms with Gasteiger partial charge >= 0.3 is 7.15 Å². The Bertz CT molecular complexity index is 1550. The molecular formula is C31H51N5O6PSSi2+. The van der Waals surface area contributed by atoms with Crippen molar-refractivity contribution in [2.75, 3.05) is 18.9 Å². The topological polar surface area (TPSA) is 125 Å². The smallest absolute Gasteiger partial charge is 0.408 e. The Kier molecular flexibility index (Phi) is 9.95. The van der Waals surface area contributed by atoms with Gasteiger partial charge in [-0.1, -0.05) is 71.4 Å². The molecule has 254 valence electrons. The summed E-state index contributed by atoms with van der Waals surface area (Å²) in [6.07, 6.45) is 0.768. The first kappa shape index (κ1) is 35.8. The average Bonchev–Trinajstić information content (AvgIpc) is 3.63. The van der Waals surface area contributed by atoms with Crippen LogP contribution in [-0.4, -0.2) is 67.7 Å². The lowest BCUT2D eigenvalue weighted by atomic mass is 10.1. The molecule has 5 rings (SSSR count). The van der Waals surface area contributed by atoms with Crippen LogP contribution in [0.15, 0.2) is 36.9 Å². The second kappa shape index (κ2) is 12.8. The Morgan fingerprint density at radius 2 is 1.65 bits per heavy atom. The monoisotopic (exact) mass is 708 g/mol. The summed E-state index contributed by atoms with van der Waals surface area (Å²) in [6.45, 7) is 24.9. The molecule has 2 unspecified atom stereocenters. The van der Waals surface area contributed by atoms with Gasteiger partial charge in [0.2, 0.25) is 0 Å². The van der Waals surface area contributed by atoms with Crippen molar-refractivity contribution in [3.63, 3.8) is 0 Å². The highest BCUT2D eigenvalue weighted by atomic mass is 32.7. The van der Waals surface area contributed by atoms with Gasteiger partial charge in [0.05, 0.1) is 18.6 Å². The fourth-order valence-electron chi connectivity index (χ4n) is 5.07. The molecule has 46 heavy (non-hydrogen) atoms. The molecule has 0 spiro atoms. The summed E-state index contributed by atoms with van der Waals surface area (Å²) in [4.78, 5) is 13.2. The minimum absolute atomic E-state index is 0.0577. The number of hydrogen-bond donors (Lipinski definition) is 2. The van der Waals surface area contributed by atoms with Gasteiger partial charge in [-0.2, -0.15) is 13.6 Å². The van der Waals surface area contributed by atoms with E-state index in [1.807, 2.05) is 16.7 Å². The second-order valence-corrected chi connectivity index (χ2v) is 28.0. The normalized spacial score (nSPS) is 28.0. The number of nitrogen functional groups attached to an aromatic ring is 1. The Morgan fingerprint density at radius 1 is 1.00 bits per heavy atom. The van der Waals surface area contributed by atoms with Gasteiger partial charge in [-0.15, -0.1) is 0 Å². The molecule has 0 saturated carbocycles. The van der Waals surface area contributed by atoms with E-state index in [9.17, 15) is 0 Å². The zero-order valence-electron chi connectivity index (χ0n) is 29.0. The molecule has 2 aliphatic rings. The van der Waals surface area contributed by atoms with Crippen LogP contribution < -0.4 is 5.73 Å². The van der Waals surface area contributed by atoms with Crippen molar-refractivity contribution in [1.82, 2.24) is 19.5 Å². The van der Waals surface area contributed by atoms with Crippen LogP contribution >= 0.6 is 19.4 Å². The predicted octanol–water partition coefficient (Wildman–Crippen LogP) is 7.81. The standard InChI is InChI=1S/C31H51N5O6PSSi2/c1-20-13-12-14-21(15-20)22-16-37-43(44,40-22)38-17-23-25(41-45(8,9)30(2,3)4)26(42-46(10,11)31(5,6)7)29(39-23)36-19-35-24-27(32)33-18-34-28(24)36/h12-15,18-19,22-23,25-26,29,44H,16-17H2,1-11H3,(H2,32,33,34)/q+1/t22?,23-,25-,26-,29-,43?/m1/s1. The van der Waals surface area contributed by atoms with Crippen molar-refractivity contribution >= 4 is 53.0 Å². The molecule has 15 heteroatoms. The number of aromatic nitrogens is 4. The molecule has 2 saturated heterocycles. The summed E-state index contributed by atoms with van der Waals surface area (Å²) in [7, 11) is -7.63. The van der Waals surface area contributed by atoms with Crippen molar-refractivity contribution in [3.05, 3.63) is 48.0 Å². The van der Waals surface area contributed by atoms with E-state index >= 15 is 0 Å². The van der Waals surface area contributed by atoms with Crippen LogP contribution in [0.2, 0.25) is 36.3 Å². The van der Waals surface area contributed by atoms with Gasteiger partial charge in [0.15, 0.2) is 40.4 Å². The molecule has 2 N–H and O–H groups in total. The highest BCUT2D eigenvalue weighted by Crippen LogP contribution is 2.73. The van der Waals surface area contributed by atoms with Crippen LogP contribution in [0.4, 0.5) is 5.82 Å². The van der Waals surface area contributed by atoms with E-state index in [4.69, 9.17) is 45.1 Å². The summed E-state index contributed by atoms with van der Waals surface area (Å²) in [5, 5.41) is -0.119. The van der Waals surface area contributed by atoms with Crippen molar-refractivity contribution in [1.29, 1.82) is 0 Å². The third kappa shape index (κ3) is 7.26. The summed E-state index contributed by atoms with van der Waals surface area (Å²) in [6, 6.07) is 8.20. The lowest BCUT2D eigenvalue weighted by Crippen LogP contribution is -2.54. The number of benzene rings is 1. The molecule has 0 bridgehead atoms. The van der Waals surface area contributed by atoms with Crippen molar-refractivity contribution in [2.24, 2.45) is 0 Å². The van der Waals surface area contributed by atoms with Gasteiger partial charge in [0.25, 0.3) is 0 Å². The Morgan fingerprint density at radius 3 is 2.28 bits per heavy atom. The Hall–Kier alpha value is -1.46. The first-order chi connectivity index (χ1) is 21.2. The van der Waals surface area contributed by atoms with Crippen LogP contribution in [0.5, 0.6) is 0 Å². The van der Waals surface area contributed by atoms with E-state index < -0.39 is 48.3 Å². The number of imidazole rings is 1. The molecule has 0 radical (unpaired) electrons. The highest BCUT2D eigenvalue weighted by molar-refractivity contribution is 8.47. The van der Waals surface area contributed by atoms with Crippen LogP contribution in [-0.2, 0) is 27.2 Å². The molecule has 2 aliphatic heterocycles. The molecule has 11 nitrogen and oxygen atoms in total. The minimum Gasteiger partial charge on any atom is -0.408 e. The zero-order chi connectivity index (χ0) is 33.9. The molecule has 0 amide bonds. The number of nitrogens with two attached hydrogens (primary N) is 1. The lowest BCUT2D eigenvalue weighted by molar-refractivity contribution is -0.0469. The van der Waals surface area contributed by atoms with Gasteiger partial charge < -0.3 is 19.3 Å². The van der Waals surface area contributed by atoms with Gasteiger partial charge in [-0.25, -0.2) is 15.0 Å². The van der Waals surface area contributed by atoms with E-state index in [2.05, 4.69) is 102 Å². The Balaban J connectivity index is 1.50. The lowest BCUT2D eigenvalue weighted by Gasteiger charge is -2.44. The third-order valence-electron chi connectivity index (χ3n) is 9.89. The molecule has 0 aliphatic carbocycles. The molecule has 3 aromatic rings. The van der Waals surface area contributed by atoms with E-state index in [1.165, 1.54) is 6.33 Å². The van der Waals surface area contributed by atoms with Gasteiger partial charge in [-0.05, 0) is 48.8 Å².